The highest BCUT2D eigenvalue weighted by Crippen LogP contribution is 2.21. The van der Waals surface area contributed by atoms with Crippen LogP contribution >= 0.6 is 0 Å². The highest BCUT2D eigenvalue weighted by Gasteiger charge is 2.15. The summed E-state index contributed by atoms with van der Waals surface area (Å²) in [7, 11) is 0. The summed E-state index contributed by atoms with van der Waals surface area (Å²) in [6.45, 7) is 2.60. The number of aliphatic hydroxyl groups is 1. The summed E-state index contributed by atoms with van der Waals surface area (Å²) in [5, 5.41) is 22.5. The fourth-order valence-corrected chi connectivity index (χ4v) is 1.40. The van der Waals surface area contributed by atoms with Gasteiger partial charge < -0.3 is 16.2 Å². The van der Waals surface area contributed by atoms with Crippen LogP contribution in [0, 0.1) is 16.0 Å². The molecule has 0 aliphatic carbocycles. The average Bonchev–Trinajstić information content (AvgIpc) is 2.34. The van der Waals surface area contributed by atoms with Gasteiger partial charge in [0.1, 0.15) is 6.20 Å². The van der Waals surface area contributed by atoms with E-state index in [1.807, 2.05) is 6.92 Å². The second-order valence-electron chi connectivity index (χ2n) is 4.08. The summed E-state index contributed by atoms with van der Waals surface area (Å²) < 4.78 is 0. The molecule has 0 fully saturated rings. The van der Waals surface area contributed by atoms with Gasteiger partial charge in [-0.05, 0) is 18.8 Å². The normalized spacial score (nSPS) is 12.1. The molecule has 1 aromatic rings. The number of nitrogens with one attached hydrogen (secondary N) is 1. The molecular weight excluding hydrogens is 238 g/mol. The third kappa shape index (κ3) is 4.13. The van der Waals surface area contributed by atoms with Crippen LogP contribution in [0.1, 0.15) is 19.8 Å². The van der Waals surface area contributed by atoms with Crippen LogP contribution in [0.25, 0.3) is 0 Å². The zero-order valence-corrected chi connectivity index (χ0v) is 10.2. The highest BCUT2D eigenvalue weighted by molar-refractivity contribution is 5.56. The number of nitrogens with two attached hydrogens (primary N) is 1. The number of nitro groups is 1. The third-order valence-corrected chi connectivity index (χ3v) is 2.46. The van der Waals surface area contributed by atoms with Gasteiger partial charge in [-0.1, -0.05) is 6.92 Å². The van der Waals surface area contributed by atoms with Crippen molar-refractivity contribution in [2.75, 3.05) is 24.2 Å². The summed E-state index contributed by atoms with van der Waals surface area (Å²) >= 11 is 0. The quantitative estimate of drug-likeness (QED) is 0.373. The smallest absolute Gasteiger partial charge is 0.329 e. The molecule has 0 bridgehead atoms. The fourth-order valence-electron chi connectivity index (χ4n) is 1.40. The molecule has 1 heterocycles. The molecule has 0 amide bonds. The zero-order chi connectivity index (χ0) is 13.5. The molecule has 0 saturated heterocycles. The molecule has 8 heteroatoms. The number of anilines is 2. The van der Waals surface area contributed by atoms with Crippen molar-refractivity contribution in [1.29, 1.82) is 0 Å². The van der Waals surface area contributed by atoms with Crippen LogP contribution in [0.5, 0.6) is 0 Å². The third-order valence-electron chi connectivity index (χ3n) is 2.46. The molecule has 0 radical (unpaired) electrons. The Morgan fingerprint density at radius 1 is 1.67 bits per heavy atom. The first kappa shape index (κ1) is 14.1. The van der Waals surface area contributed by atoms with Crippen LogP contribution < -0.4 is 11.1 Å². The van der Waals surface area contributed by atoms with E-state index in [-0.39, 0.29) is 30.0 Å². The van der Waals surface area contributed by atoms with E-state index in [2.05, 4.69) is 15.3 Å². The van der Waals surface area contributed by atoms with Gasteiger partial charge in [0, 0.05) is 13.2 Å². The van der Waals surface area contributed by atoms with Crippen LogP contribution in [-0.4, -0.2) is 33.1 Å². The molecule has 0 aliphatic heterocycles. The van der Waals surface area contributed by atoms with E-state index < -0.39 is 4.92 Å². The molecule has 0 spiro atoms. The van der Waals surface area contributed by atoms with Crippen molar-refractivity contribution < 1.29 is 10.0 Å². The molecule has 100 valence electrons. The van der Waals surface area contributed by atoms with Gasteiger partial charge in [0.05, 0.1) is 4.92 Å². The summed E-state index contributed by atoms with van der Waals surface area (Å²) in [4.78, 5) is 17.6. The van der Waals surface area contributed by atoms with Crippen molar-refractivity contribution in [1.82, 2.24) is 9.97 Å². The molecule has 0 saturated carbocycles. The van der Waals surface area contributed by atoms with Gasteiger partial charge in [-0.3, -0.25) is 10.1 Å². The summed E-state index contributed by atoms with van der Waals surface area (Å²) in [5.41, 5.74) is 5.19. The molecule has 4 N–H and O–H groups in total. The van der Waals surface area contributed by atoms with E-state index in [9.17, 15) is 10.1 Å². The fraction of sp³-hybridized carbons (Fsp3) is 0.600. The first-order valence-corrected chi connectivity index (χ1v) is 5.66. The number of nitrogen functional groups attached to an aromatic ring is 1. The van der Waals surface area contributed by atoms with Crippen LogP contribution in [0.4, 0.5) is 17.5 Å². The first-order valence-electron chi connectivity index (χ1n) is 5.66. The number of nitrogens with zero attached hydrogens (tertiary/aromatic N) is 3. The van der Waals surface area contributed by atoms with Crippen molar-refractivity contribution in [2.45, 2.75) is 19.8 Å². The van der Waals surface area contributed by atoms with Gasteiger partial charge in [0.2, 0.25) is 11.8 Å². The Labute approximate surface area is 104 Å². The van der Waals surface area contributed by atoms with Gasteiger partial charge in [0.15, 0.2) is 0 Å². The maximum atomic E-state index is 10.7. The minimum absolute atomic E-state index is 0.00757. The lowest BCUT2D eigenvalue weighted by Gasteiger charge is -2.09. The van der Waals surface area contributed by atoms with E-state index in [4.69, 9.17) is 10.8 Å². The zero-order valence-electron chi connectivity index (χ0n) is 10.2. The minimum atomic E-state index is -0.557. The van der Waals surface area contributed by atoms with E-state index in [0.717, 1.165) is 19.0 Å². The molecule has 0 aromatic carbocycles. The standard InChI is InChI=1S/C10H17N5O3/c1-7(6-16)3-2-4-12-9-8(15(17)18)5-13-10(11)14-9/h5,7,16H,2-4,6H2,1H3,(H3,11,12,13,14). The number of rotatable bonds is 7. The van der Waals surface area contributed by atoms with Crippen LogP contribution in [0.3, 0.4) is 0 Å². The molecule has 1 aromatic heterocycles. The second-order valence-corrected chi connectivity index (χ2v) is 4.08. The summed E-state index contributed by atoms with van der Waals surface area (Å²) in [6.07, 6.45) is 2.70. The van der Waals surface area contributed by atoms with Crippen molar-refractivity contribution >= 4 is 17.5 Å². The van der Waals surface area contributed by atoms with Gasteiger partial charge in [0.25, 0.3) is 0 Å². The van der Waals surface area contributed by atoms with E-state index in [1.165, 1.54) is 0 Å². The first-order chi connectivity index (χ1) is 8.54. The van der Waals surface area contributed by atoms with Gasteiger partial charge in [-0.15, -0.1) is 0 Å². The molecule has 18 heavy (non-hydrogen) atoms. The predicted octanol–water partition coefficient (Wildman–Crippen LogP) is 0.788. The maximum Gasteiger partial charge on any atom is 0.329 e. The molecule has 1 unspecified atom stereocenters. The van der Waals surface area contributed by atoms with Crippen molar-refractivity contribution in [3.8, 4) is 0 Å². The largest absolute Gasteiger partial charge is 0.396 e. The monoisotopic (exact) mass is 255 g/mol. The molecule has 0 aliphatic rings. The Bertz CT molecular complexity index is 412. The molecule has 1 rings (SSSR count). The molecule has 8 nitrogen and oxygen atoms in total. The topological polar surface area (TPSA) is 127 Å². The van der Waals surface area contributed by atoms with Crippen molar-refractivity contribution in [3.63, 3.8) is 0 Å². The van der Waals surface area contributed by atoms with Crippen molar-refractivity contribution in [3.05, 3.63) is 16.3 Å². The van der Waals surface area contributed by atoms with Gasteiger partial charge >= 0.3 is 5.69 Å². The molecule has 1 atom stereocenters. The van der Waals surface area contributed by atoms with E-state index >= 15 is 0 Å². The van der Waals surface area contributed by atoms with Gasteiger partial charge in [-0.25, -0.2) is 4.98 Å². The van der Waals surface area contributed by atoms with Crippen molar-refractivity contribution in [2.24, 2.45) is 5.92 Å². The highest BCUT2D eigenvalue weighted by atomic mass is 16.6. The number of aromatic nitrogens is 2. The summed E-state index contributed by atoms with van der Waals surface area (Å²) in [5.74, 6) is 0.341. The number of hydrogen-bond donors (Lipinski definition) is 3. The Morgan fingerprint density at radius 3 is 3.00 bits per heavy atom. The van der Waals surface area contributed by atoms with E-state index in [1.54, 1.807) is 0 Å². The Kier molecular flexibility index (Phi) is 5.25. The predicted molar refractivity (Wildman–Crippen MR) is 67.1 cm³/mol. The van der Waals surface area contributed by atoms with Crippen LogP contribution in [0.2, 0.25) is 0 Å². The average molecular weight is 255 g/mol. The van der Waals surface area contributed by atoms with Gasteiger partial charge in [-0.2, -0.15) is 4.98 Å². The second kappa shape index (κ2) is 6.70. The lowest BCUT2D eigenvalue weighted by atomic mass is 10.1. The van der Waals surface area contributed by atoms with E-state index in [0.29, 0.717) is 6.54 Å². The Balaban J connectivity index is 2.55. The minimum Gasteiger partial charge on any atom is -0.396 e. The van der Waals surface area contributed by atoms with Crippen LogP contribution in [0.15, 0.2) is 6.20 Å². The Morgan fingerprint density at radius 2 is 2.39 bits per heavy atom. The Hall–Kier alpha value is -1.96. The number of aliphatic hydroxyl groups excluding tert-OH is 1. The summed E-state index contributed by atoms with van der Waals surface area (Å²) in [6, 6.07) is 0. The lowest BCUT2D eigenvalue weighted by molar-refractivity contribution is -0.384. The SMILES string of the molecule is CC(CO)CCCNc1nc(N)ncc1[N+](=O)[O-]. The van der Waals surface area contributed by atoms with Crippen LogP contribution in [-0.2, 0) is 0 Å². The maximum absolute atomic E-state index is 10.7. The molecular formula is C10H17N5O3. The number of hydrogen-bond acceptors (Lipinski definition) is 7. The lowest BCUT2D eigenvalue weighted by Crippen LogP contribution is -2.10.